The Kier molecular flexibility index (Phi) is 6.53. The van der Waals surface area contributed by atoms with Crippen LogP contribution in [0.25, 0.3) is 0 Å². The number of aryl methyl sites for hydroxylation is 2. The molecule has 140 valence electrons. The number of phenols is 1. The lowest BCUT2D eigenvalue weighted by molar-refractivity contribution is -0.143. The molecule has 0 bridgehead atoms. The Bertz CT molecular complexity index is 579. The van der Waals surface area contributed by atoms with E-state index in [1.54, 1.807) is 6.07 Å². The molecule has 2 N–H and O–H groups in total. The lowest BCUT2D eigenvalue weighted by Gasteiger charge is -2.18. The van der Waals surface area contributed by atoms with Crippen LogP contribution in [0.15, 0.2) is 18.2 Å². The largest absolute Gasteiger partial charge is 0.508 e. The smallest absolute Gasteiger partial charge is 0.309 e. The zero-order valence-corrected chi connectivity index (χ0v) is 16.1. The summed E-state index contributed by atoms with van der Waals surface area (Å²) in [5, 5.41) is 19.1. The number of aromatic hydroxyl groups is 1. The van der Waals surface area contributed by atoms with Crippen molar-refractivity contribution in [2.24, 2.45) is 10.8 Å². The summed E-state index contributed by atoms with van der Waals surface area (Å²) >= 11 is 0. The number of carboxylic acids is 1. The van der Waals surface area contributed by atoms with Gasteiger partial charge in [0.2, 0.25) is 0 Å². The molecule has 0 unspecified atom stereocenters. The Labute approximate surface area is 152 Å². The number of aliphatic carboxylic acids is 1. The Morgan fingerprint density at radius 2 is 1.68 bits per heavy atom. The molecule has 1 aromatic carbocycles. The highest BCUT2D eigenvalue weighted by atomic mass is 16.4. The average Bonchev–Trinajstić information content (AvgIpc) is 3.30. The summed E-state index contributed by atoms with van der Waals surface area (Å²) in [6, 6.07) is 5.72. The number of benzene rings is 1. The van der Waals surface area contributed by atoms with Crippen molar-refractivity contribution in [1.29, 1.82) is 0 Å². The van der Waals surface area contributed by atoms with E-state index in [9.17, 15) is 15.0 Å². The van der Waals surface area contributed by atoms with E-state index in [1.165, 1.54) is 24.0 Å². The monoisotopic (exact) mass is 346 g/mol. The minimum Gasteiger partial charge on any atom is -0.508 e. The van der Waals surface area contributed by atoms with Gasteiger partial charge in [-0.1, -0.05) is 39.7 Å². The van der Waals surface area contributed by atoms with Crippen molar-refractivity contribution in [3.05, 3.63) is 29.3 Å². The van der Waals surface area contributed by atoms with E-state index in [1.807, 2.05) is 12.1 Å². The van der Waals surface area contributed by atoms with Crippen molar-refractivity contribution in [2.75, 3.05) is 0 Å². The van der Waals surface area contributed by atoms with Gasteiger partial charge in [-0.05, 0) is 80.0 Å². The van der Waals surface area contributed by atoms with E-state index in [0.29, 0.717) is 11.2 Å². The Hall–Kier alpha value is -1.51. The van der Waals surface area contributed by atoms with Crippen LogP contribution in [0.2, 0.25) is 0 Å². The van der Waals surface area contributed by atoms with Crippen molar-refractivity contribution in [3.63, 3.8) is 0 Å². The lowest BCUT2D eigenvalue weighted by atomic mass is 9.88. The molecule has 3 heteroatoms. The molecule has 2 rings (SSSR count). The first kappa shape index (κ1) is 19.8. The number of phenolic OH excluding ortho intramolecular Hbond substituents is 1. The Balaban J connectivity index is 1.80. The molecule has 25 heavy (non-hydrogen) atoms. The predicted octanol–water partition coefficient (Wildman–Crippen LogP) is 5.73. The van der Waals surface area contributed by atoms with Crippen LogP contribution in [0.1, 0.15) is 83.3 Å². The third kappa shape index (κ3) is 6.37. The molecule has 0 radical (unpaired) electrons. The minimum atomic E-state index is -0.614. The molecular formula is C22H34O3. The third-order valence-electron chi connectivity index (χ3n) is 5.47. The van der Waals surface area contributed by atoms with Crippen molar-refractivity contribution in [1.82, 2.24) is 0 Å². The fourth-order valence-electron chi connectivity index (χ4n) is 3.56. The molecule has 1 aromatic rings. The number of unbranched alkanes of at least 4 members (excludes halogenated alkanes) is 2. The Morgan fingerprint density at radius 1 is 1.04 bits per heavy atom. The maximum atomic E-state index is 11.2. The molecule has 0 aromatic heterocycles. The van der Waals surface area contributed by atoms with Gasteiger partial charge in [0.05, 0.1) is 5.41 Å². The van der Waals surface area contributed by atoms with Crippen LogP contribution < -0.4 is 0 Å². The van der Waals surface area contributed by atoms with Gasteiger partial charge in [-0.2, -0.15) is 0 Å². The quantitative estimate of drug-likeness (QED) is 0.532. The van der Waals surface area contributed by atoms with E-state index >= 15 is 0 Å². The average molecular weight is 347 g/mol. The molecule has 0 heterocycles. The van der Waals surface area contributed by atoms with Gasteiger partial charge in [-0.15, -0.1) is 0 Å². The van der Waals surface area contributed by atoms with Crippen molar-refractivity contribution in [2.45, 2.75) is 85.0 Å². The summed E-state index contributed by atoms with van der Waals surface area (Å²) in [6.07, 6.45) is 10.1. The summed E-state index contributed by atoms with van der Waals surface area (Å²) in [4.78, 5) is 11.2. The molecule has 3 nitrogen and oxygen atoms in total. The fraction of sp³-hybridized carbons (Fsp3) is 0.682. The van der Waals surface area contributed by atoms with E-state index in [2.05, 4.69) is 20.8 Å². The molecule has 1 fully saturated rings. The number of rotatable bonds is 10. The summed E-state index contributed by atoms with van der Waals surface area (Å²) < 4.78 is 0. The highest BCUT2D eigenvalue weighted by Gasteiger charge is 2.49. The molecule has 0 aliphatic heterocycles. The zero-order chi connectivity index (χ0) is 18.5. The fourth-order valence-corrected chi connectivity index (χ4v) is 3.56. The van der Waals surface area contributed by atoms with Crippen LogP contribution in [0.3, 0.4) is 0 Å². The van der Waals surface area contributed by atoms with Crippen LogP contribution >= 0.6 is 0 Å². The van der Waals surface area contributed by atoms with Gasteiger partial charge < -0.3 is 10.2 Å². The molecule has 0 atom stereocenters. The predicted molar refractivity (Wildman–Crippen MR) is 102 cm³/mol. The number of hydrogen-bond acceptors (Lipinski definition) is 2. The molecule has 0 spiro atoms. The molecule has 0 saturated heterocycles. The first-order chi connectivity index (χ1) is 11.7. The van der Waals surface area contributed by atoms with Crippen LogP contribution in [0.4, 0.5) is 0 Å². The van der Waals surface area contributed by atoms with Gasteiger partial charge in [0.15, 0.2) is 0 Å². The molecule has 1 saturated carbocycles. The van der Waals surface area contributed by atoms with Crippen molar-refractivity contribution in [3.8, 4) is 5.75 Å². The van der Waals surface area contributed by atoms with Gasteiger partial charge >= 0.3 is 5.97 Å². The Morgan fingerprint density at radius 3 is 2.28 bits per heavy atom. The third-order valence-corrected chi connectivity index (χ3v) is 5.47. The standard InChI is InChI=1S/C22H34O3/c1-21(2,3)12-6-4-9-18-16-19(23)11-10-17(18)8-5-7-13-22(14-15-22)20(24)25/h10-11,16,23H,4-9,12-15H2,1-3H3,(H,24,25). The van der Waals surface area contributed by atoms with Gasteiger partial charge in [-0.3, -0.25) is 4.79 Å². The van der Waals surface area contributed by atoms with Gasteiger partial charge in [0.25, 0.3) is 0 Å². The minimum absolute atomic E-state index is 0.345. The normalized spacial score (nSPS) is 16.0. The van der Waals surface area contributed by atoms with Gasteiger partial charge in [0, 0.05) is 0 Å². The van der Waals surface area contributed by atoms with E-state index in [-0.39, 0.29) is 0 Å². The topological polar surface area (TPSA) is 57.5 Å². The second-order valence-electron chi connectivity index (χ2n) is 9.01. The summed E-state index contributed by atoms with van der Waals surface area (Å²) in [5.74, 6) is -0.269. The van der Waals surface area contributed by atoms with Crippen molar-refractivity contribution >= 4 is 5.97 Å². The van der Waals surface area contributed by atoms with Gasteiger partial charge in [0.1, 0.15) is 5.75 Å². The van der Waals surface area contributed by atoms with Crippen LogP contribution in [-0.4, -0.2) is 16.2 Å². The van der Waals surface area contributed by atoms with E-state index in [0.717, 1.165) is 51.4 Å². The number of carbonyl (C=O) groups is 1. The highest BCUT2D eigenvalue weighted by Crippen LogP contribution is 2.50. The summed E-state index contributed by atoms with van der Waals surface area (Å²) in [7, 11) is 0. The first-order valence-electron chi connectivity index (χ1n) is 9.76. The molecular weight excluding hydrogens is 312 g/mol. The van der Waals surface area contributed by atoms with E-state index in [4.69, 9.17) is 0 Å². The molecule has 1 aliphatic rings. The maximum Gasteiger partial charge on any atom is 0.309 e. The number of hydrogen-bond donors (Lipinski definition) is 2. The zero-order valence-electron chi connectivity index (χ0n) is 16.1. The van der Waals surface area contributed by atoms with E-state index < -0.39 is 11.4 Å². The van der Waals surface area contributed by atoms with Crippen LogP contribution in [-0.2, 0) is 17.6 Å². The molecule has 0 amide bonds. The van der Waals surface area contributed by atoms with Crippen LogP contribution in [0, 0.1) is 10.8 Å². The first-order valence-corrected chi connectivity index (χ1v) is 9.76. The SMILES string of the molecule is CC(C)(C)CCCCc1cc(O)ccc1CCCCC1(C(=O)O)CC1. The van der Waals surface area contributed by atoms with Crippen LogP contribution in [0.5, 0.6) is 5.75 Å². The second-order valence-corrected chi connectivity index (χ2v) is 9.01. The van der Waals surface area contributed by atoms with Crippen molar-refractivity contribution < 1.29 is 15.0 Å². The lowest BCUT2D eigenvalue weighted by Crippen LogP contribution is -2.14. The van der Waals surface area contributed by atoms with Gasteiger partial charge in [-0.25, -0.2) is 0 Å². The summed E-state index contributed by atoms with van der Waals surface area (Å²) in [6.45, 7) is 6.82. The highest BCUT2D eigenvalue weighted by molar-refractivity contribution is 5.77. The second kappa shape index (κ2) is 8.25. The molecule has 1 aliphatic carbocycles. The maximum absolute atomic E-state index is 11.2. The summed E-state index contributed by atoms with van der Waals surface area (Å²) in [5.41, 5.74) is 2.55. The number of carboxylic acid groups (broad SMARTS) is 1.